The Balaban J connectivity index is 1.61. The van der Waals surface area contributed by atoms with Crippen LogP contribution in [0.5, 0.6) is 0 Å². The van der Waals surface area contributed by atoms with Crippen LogP contribution in [0.3, 0.4) is 0 Å². The van der Waals surface area contributed by atoms with Crippen molar-refractivity contribution in [3.63, 3.8) is 0 Å². The van der Waals surface area contributed by atoms with Gasteiger partial charge in [0.1, 0.15) is 0 Å². The van der Waals surface area contributed by atoms with Gasteiger partial charge >= 0.3 is 0 Å². The summed E-state index contributed by atoms with van der Waals surface area (Å²) in [6.45, 7) is 0. The maximum atomic E-state index is 13.2. The van der Waals surface area contributed by atoms with Gasteiger partial charge in [-0.25, -0.2) is 0 Å². The van der Waals surface area contributed by atoms with Gasteiger partial charge < -0.3 is 4.57 Å². The molecule has 3 aliphatic rings. The molecule has 5 heteroatoms. The number of carbonyl (C=O) groups is 1. The fourth-order valence-corrected chi connectivity index (χ4v) is 5.48. The van der Waals surface area contributed by atoms with Crippen LogP contribution in [0.4, 0.5) is 0 Å². The zero-order valence-corrected chi connectivity index (χ0v) is 16.5. The van der Waals surface area contributed by atoms with E-state index in [1.165, 1.54) is 51.4 Å². The van der Waals surface area contributed by atoms with Gasteiger partial charge in [0.05, 0.1) is 10.9 Å². The van der Waals surface area contributed by atoms with Crippen LogP contribution >= 0.6 is 11.8 Å². The number of nitrogens with zero attached hydrogens (tertiary/aromatic N) is 3. The van der Waals surface area contributed by atoms with Crippen molar-refractivity contribution >= 4 is 28.9 Å². The highest BCUT2D eigenvalue weighted by Gasteiger charge is 2.39. The number of amidine groups is 1. The van der Waals surface area contributed by atoms with Gasteiger partial charge in [0.25, 0.3) is 5.91 Å². The molecule has 1 aromatic heterocycles. The molecule has 2 saturated carbocycles. The molecular weight excluding hydrogens is 342 g/mol. The number of aryl methyl sites for hydroxylation is 1. The second-order valence-corrected chi connectivity index (χ2v) is 8.90. The lowest BCUT2D eigenvalue weighted by atomic mass is 9.94. The lowest BCUT2D eigenvalue weighted by molar-refractivity contribution is -0.124. The monoisotopic (exact) mass is 371 g/mol. The largest absolute Gasteiger partial charge is 0.357 e. The Hall–Kier alpha value is -1.49. The standard InChI is InChI=1S/C21H29N3OS/c1-23-13-12-16(15-23)14-19-20(25)24(18-10-6-3-7-11-18)21(26-19)22-17-8-4-2-5-9-17/h12-15,17-18H,2-11H2,1H3/b19-14+,22-21?. The normalized spacial score (nSPS) is 26.3. The van der Waals surface area contributed by atoms with Crippen LogP contribution < -0.4 is 0 Å². The number of aliphatic imine (C=N–C) groups is 1. The predicted molar refractivity (Wildman–Crippen MR) is 109 cm³/mol. The summed E-state index contributed by atoms with van der Waals surface area (Å²) in [6, 6.07) is 2.80. The molecule has 2 aliphatic carbocycles. The highest BCUT2D eigenvalue weighted by molar-refractivity contribution is 8.18. The molecule has 4 nitrogen and oxygen atoms in total. The van der Waals surface area contributed by atoms with Crippen molar-refractivity contribution in [2.24, 2.45) is 12.0 Å². The zero-order valence-electron chi connectivity index (χ0n) is 15.7. The fourth-order valence-electron chi connectivity index (χ4n) is 4.37. The van der Waals surface area contributed by atoms with Gasteiger partial charge in [-0.2, -0.15) is 0 Å². The number of rotatable bonds is 3. The van der Waals surface area contributed by atoms with E-state index in [2.05, 4.69) is 12.3 Å². The van der Waals surface area contributed by atoms with E-state index >= 15 is 0 Å². The van der Waals surface area contributed by atoms with Gasteiger partial charge in [0.2, 0.25) is 0 Å². The molecule has 2 heterocycles. The minimum absolute atomic E-state index is 0.167. The number of hydrogen-bond donors (Lipinski definition) is 0. The summed E-state index contributed by atoms with van der Waals surface area (Å²) in [5, 5.41) is 0.969. The molecule has 3 fully saturated rings. The molecule has 1 saturated heterocycles. The van der Waals surface area contributed by atoms with Crippen molar-refractivity contribution in [1.29, 1.82) is 0 Å². The molecule has 0 radical (unpaired) electrons. The topological polar surface area (TPSA) is 37.6 Å². The van der Waals surface area contributed by atoms with Crippen LogP contribution in [0.1, 0.15) is 69.8 Å². The SMILES string of the molecule is Cn1ccc(/C=C2/SC(=NC3CCCCC3)N(C3CCCCC3)C2=O)c1. The Morgan fingerprint density at radius 1 is 1.08 bits per heavy atom. The molecule has 0 aromatic carbocycles. The lowest BCUT2D eigenvalue weighted by Crippen LogP contribution is -2.41. The van der Waals surface area contributed by atoms with E-state index in [-0.39, 0.29) is 5.91 Å². The summed E-state index contributed by atoms with van der Waals surface area (Å²) in [6.07, 6.45) is 18.3. The predicted octanol–water partition coefficient (Wildman–Crippen LogP) is 4.96. The van der Waals surface area contributed by atoms with Crippen LogP contribution in [-0.2, 0) is 11.8 Å². The molecule has 0 unspecified atom stereocenters. The van der Waals surface area contributed by atoms with E-state index in [0.29, 0.717) is 12.1 Å². The number of amides is 1. The molecule has 1 aromatic rings. The highest BCUT2D eigenvalue weighted by atomic mass is 32.2. The summed E-state index contributed by atoms with van der Waals surface area (Å²) in [4.78, 5) is 21.2. The summed E-state index contributed by atoms with van der Waals surface area (Å²) in [5.41, 5.74) is 1.09. The Labute approximate surface area is 160 Å². The molecule has 0 atom stereocenters. The van der Waals surface area contributed by atoms with Crippen LogP contribution in [-0.4, -0.2) is 32.6 Å². The Kier molecular flexibility index (Phi) is 5.53. The molecule has 140 valence electrons. The third kappa shape index (κ3) is 3.93. The lowest BCUT2D eigenvalue weighted by Gasteiger charge is -2.31. The van der Waals surface area contributed by atoms with E-state index in [4.69, 9.17) is 4.99 Å². The number of thioether (sulfide) groups is 1. The third-order valence-corrected chi connectivity index (χ3v) is 6.79. The van der Waals surface area contributed by atoms with Crippen LogP contribution in [0.25, 0.3) is 6.08 Å². The Morgan fingerprint density at radius 3 is 2.42 bits per heavy atom. The minimum atomic E-state index is 0.167. The summed E-state index contributed by atoms with van der Waals surface area (Å²) in [7, 11) is 2.01. The van der Waals surface area contributed by atoms with Crippen LogP contribution in [0.15, 0.2) is 28.4 Å². The number of aromatic nitrogens is 1. The summed E-state index contributed by atoms with van der Waals surface area (Å²) >= 11 is 1.60. The van der Waals surface area contributed by atoms with E-state index in [0.717, 1.165) is 28.5 Å². The van der Waals surface area contributed by atoms with Gasteiger partial charge in [-0.3, -0.25) is 14.7 Å². The first kappa shape index (κ1) is 17.9. The third-order valence-electron chi connectivity index (χ3n) is 5.80. The highest BCUT2D eigenvalue weighted by Crippen LogP contribution is 2.38. The first-order valence-corrected chi connectivity index (χ1v) is 11.0. The van der Waals surface area contributed by atoms with Gasteiger partial charge in [-0.1, -0.05) is 38.5 Å². The second-order valence-electron chi connectivity index (χ2n) is 7.89. The van der Waals surface area contributed by atoms with E-state index in [9.17, 15) is 4.79 Å². The van der Waals surface area contributed by atoms with E-state index in [1.807, 2.05) is 28.8 Å². The molecule has 26 heavy (non-hydrogen) atoms. The van der Waals surface area contributed by atoms with Crippen LogP contribution in [0, 0.1) is 0 Å². The maximum absolute atomic E-state index is 13.2. The summed E-state index contributed by atoms with van der Waals surface area (Å²) in [5.74, 6) is 0.167. The number of hydrogen-bond acceptors (Lipinski definition) is 3. The Bertz CT molecular complexity index is 709. The molecule has 1 amide bonds. The average Bonchev–Trinajstić information content (AvgIpc) is 3.20. The maximum Gasteiger partial charge on any atom is 0.267 e. The Morgan fingerprint density at radius 2 is 1.77 bits per heavy atom. The van der Waals surface area contributed by atoms with Crippen molar-refractivity contribution in [2.75, 3.05) is 0 Å². The van der Waals surface area contributed by atoms with Crippen molar-refractivity contribution in [3.05, 3.63) is 28.9 Å². The quantitative estimate of drug-likeness (QED) is 0.704. The number of carbonyl (C=O) groups excluding carboxylic acids is 1. The minimum Gasteiger partial charge on any atom is -0.357 e. The molecule has 4 rings (SSSR count). The van der Waals surface area contributed by atoms with E-state index in [1.54, 1.807) is 11.8 Å². The van der Waals surface area contributed by atoms with Crippen LogP contribution in [0.2, 0.25) is 0 Å². The van der Waals surface area contributed by atoms with Crippen molar-refractivity contribution in [1.82, 2.24) is 9.47 Å². The van der Waals surface area contributed by atoms with Gasteiger partial charge in [0, 0.05) is 25.5 Å². The van der Waals surface area contributed by atoms with Gasteiger partial charge in [-0.05, 0) is 55.2 Å². The molecule has 1 aliphatic heterocycles. The molecular formula is C21H29N3OS. The fraction of sp³-hybridized carbons (Fsp3) is 0.619. The molecule has 0 spiro atoms. The molecule has 0 N–H and O–H groups in total. The average molecular weight is 372 g/mol. The van der Waals surface area contributed by atoms with Gasteiger partial charge in [-0.15, -0.1) is 0 Å². The zero-order chi connectivity index (χ0) is 17.9. The first-order chi connectivity index (χ1) is 12.7. The van der Waals surface area contributed by atoms with Gasteiger partial charge in [0.15, 0.2) is 5.17 Å². The van der Waals surface area contributed by atoms with Crippen molar-refractivity contribution < 1.29 is 4.79 Å². The first-order valence-electron chi connectivity index (χ1n) is 10.1. The van der Waals surface area contributed by atoms with Crippen molar-refractivity contribution in [3.8, 4) is 0 Å². The van der Waals surface area contributed by atoms with Crippen molar-refractivity contribution in [2.45, 2.75) is 76.3 Å². The smallest absolute Gasteiger partial charge is 0.267 e. The summed E-state index contributed by atoms with van der Waals surface area (Å²) < 4.78 is 2.02. The second kappa shape index (κ2) is 8.03. The molecule has 0 bridgehead atoms. The van der Waals surface area contributed by atoms with E-state index < -0.39 is 0 Å².